The summed E-state index contributed by atoms with van der Waals surface area (Å²) >= 11 is 0. The minimum atomic E-state index is -0.123. The van der Waals surface area contributed by atoms with E-state index in [9.17, 15) is 10.2 Å². The van der Waals surface area contributed by atoms with Crippen molar-refractivity contribution in [1.29, 1.82) is 0 Å². The predicted molar refractivity (Wildman–Crippen MR) is 125 cm³/mol. The Balaban J connectivity index is 2.75. The molecule has 0 fully saturated rings. The van der Waals surface area contributed by atoms with Gasteiger partial charge in [-0.1, -0.05) is 86.6 Å². The van der Waals surface area contributed by atoms with Gasteiger partial charge in [-0.15, -0.1) is 0 Å². The van der Waals surface area contributed by atoms with Gasteiger partial charge in [-0.05, 0) is 63.5 Å². The minimum absolute atomic E-state index is 0.123. The Morgan fingerprint density at radius 2 is 1.00 bits per heavy atom. The molecule has 2 nitrogen and oxygen atoms in total. The van der Waals surface area contributed by atoms with Crippen molar-refractivity contribution in [3.63, 3.8) is 0 Å². The molecule has 0 unspecified atom stereocenters. The summed E-state index contributed by atoms with van der Waals surface area (Å²) in [4.78, 5) is 0. The van der Waals surface area contributed by atoms with E-state index in [2.05, 4.69) is 86.6 Å². The highest BCUT2D eigenvalue weighted by molar-refractivity contribution is 5.53. The highest BCUT2D eigenvalue weighted by Gasteiger charge is 2.26. The van der Waals surface area contributed by atoms with Crippen molar-refractivity contribution in [2.45, 2.75) is 98.3 Å². The third-order valence-corrected chi connectivity index (χ3v) is 6.01. The Bertz CT molecular complexity index is 792. The standard InChI is InChI=1S/C27H40O2/c1-10-17-13-19(15-22(24(17)28)26(4,5)6)21(12-3)20-14-18(11-2)25(29)23(16-20)27(7,8)9/h13-16,21,28-29H,10-12H2,1-9H3. The molecule has 0 aliphatic carbocycles. The van der Waals surface area contributed by atoms with Gasteiger partial charge in [0.2, 0.25) is 0 Å². The summed E-state index contributed by atoms with van der Waals surface area (Å²) in [6.07, 6.45) is 2.58. The molecule has 2 N–H and O–H groups in total. The van der Waals surface area contributed by atoms with E-state index in [-0.39, 0.29) is 16.7 Å². The number of hydrogen-bond donors (Lipinski definition) is 2. The van der Waals surface area contributed by atoms with Crippen LogP contribution in [0.5, 0.6) is 11.5 Å². The van der Waals surface area contributed by atoms with Crippen LogP contribution in [0.2, 0.25) is 0 Å². The highest BCUT2D eigenvalue weighted by Crippen LogP contribution is 2.42. The lowest BCUT2D eigenvalue weighted by Crippen LogP contribution is -2.15. The number of hydrogen-bond acceptors (Lipinski definition) is 2. The molecule has 0 heterocycles. The van der Waals surface area contributed by atoms with Gasteiger partial charge in [0.1, 0.15) is 11.5 Å². The molecule has 29 heavy (non-hydrogen) atoms. The van der Waals surface area contributed by atoms with E-state index in [1.165, 1.54) is 11.1 Å². The molecule has 2 rings (SSSR count). The monoisotopic (exact) mass is 396 g/mol. The SMILES string of the molecule is CCc1cc(C(CC)c2cc(CC)c(O)c(C(C)(C)C)c2)cc(C(C)(C)C)c1O. The van der Waals surface area contributed by atoms with Crippen molar-refractivity contribution in [3.8, 4) is 11.5 Å². The lowest BCUT2D eigenvalue weighted by Gasteiger charge is -2.28. The summed E-state index contributed by atoms with van der Waals surface area (Å²) in [6.45, 7) is 19.3. The maximum Gasteiger partial charge on any atom is 0.122 e. The zero-order chi connectivity index (χ0) is 22.1. The molecule has 0 atom stereocenters. The zero-order valence-corrected chi connectivity index (χ0v) is 19.9. The molecule has 0 bridgehead atoms. The second-order valence-electron chi connectivity index (χ2n) is 10.3. The van der Waals surface area contributed by atoms with Crippen molar-refractivity contribution in [3.05, 3.63) is 57.6 Å². The Labute approximate surface area is 178 Å². The lowest BCUT2D eigenvalue weighted by molar-refractivity contribution is 0.439. The third kappa shape index (κ3) is 4.79. The van der Waals surface area contributed by atoms with E-state index in [4.69, 9.17) is 0 Å². The first-order valence-electron chi connectivity index (χ1n) is 11.1. The summed E-state index contributed by atoms with van der Waals surface area (Å²) in [5.41, 5.74) is 6.30. The quantitative estimate of drug-likeness (QED) is 0.554. The molecule has 0 amide bonds. The van der Waals surface area contributed by atoms with E-state index in [1.54, 1.807) is 0 Å². The van der Waals surface area contributed by atoms with Crippen LogP contribution < -0.4 is 0 Å². The van der Waals surface area contributed by atoms with Crippen LogP contribution in [0.3, 0.4) is 0 Å². The van der Waals surface area contributed by atoms with Crippen LogP contribution in [0, 0.1) is 0 Å². The summed E-state index contributed by atoms with van der Waals surface area (Å²) in [5.74, 6) is 1.11. The average Bonchev–Trinajstić information content (AvgIpc) is 2.62. The molecule has 160 valence electrons. The Kier molecular flexibility index (Phi) is 6.77. The van der Waals surface area contributed by atoms with Crippen LogP contribution in [0.25, 0.3) is 0 Å². The van der Waals surface area contributed by atoms with E-state index < -0.39 is 0 Å². The largest absolute Gasteiger partial charge is 0.507 e. The normalized spacial score (nSPS) is 12.6. The maximum atomic E-state index is 10.8. The Morgan fingerprint density at radius 3 is 1.24 bits per heavy atom. The van der Waals surface area contributed by atoms with E-state index in [0.29, 0.717) is 11.5 Å². The first kappa shape index (κ1) is 23.3. The van der Waals surface area contributed by atoms with Crippen LogP contribution in [-0.2, 0) is 23.7 Å². The first-order valence-corrected chi connectivity index (χ1v) is 11.1. The van der Waals surface area contributed by atoms with Crippen LogP contribution >= 0.6 is 0 Å². The van der Waals surface area contributed by atoms with Gasteiger partial charge in [0.05, 0.1) is 0 Å². The fourth-order valence-electron chi connectivity index (χ4n) is 4.19. The summed E-state index contributed by atoms with van der Waals surface area (Å²) in [6, 6.07) is 8.73. The maximum absolute atomic E-state index is 10.8. The van der Waals surface area contributed by atoms with Crippen molar-refractivity contribution in [2.24, 2.45) is 0 Å². The van der Waals surface area contributed by atoms with Gasteiger partial charge in [0, 0.05) is 5.92 Å². The van der Waals surface area contributed by atoms with Gasteiger partial charge in [0.15, 0.2) is 0 Å². The van der Waals surface area contributed by atoms with Gasteiger partial charge < -0.3 is 10.2 Å². The topological polar surface area (TPSA) is 40.5 Å². The summed E-state index contributed by atoms with van der Waals surface area (Å²) < 4.78 is 0. The number of phenolic OH excluding ortho intramolecular Hbond substituents is 2. The van der Waals surface area contributed by atoms with Gasteiger partial charge in [0.25, 0.3) is 0 Å². The smallest absolute Gasteiger partial charge is 0.122 e. The Morgan fingerprint density at radius 1 is 0.655 bits per heavy atom. The van der Waals surface area contributed by atoms with Crippen LogP contribution in [-0.4, -0.2) is 10.2 Å². The molecule has 0 aliphatic rings. The molecular formula is C27H40O2. The number of phenols is 2. The van der Waals surface area contributed by atoms with Gasteiger partial charge >= 0.3 is 0 Å². The highest BCUT2D eigenvalue weighted by atomic mass is 16.3. The third-order valence-electron chi connectivity index (χ3n) is 6.01. The number of aryl methyl sites for hydroxylation is 2. The van der Waals surface area contributed by atoms with E-state index >= 15 is 0 Å². The fourth-order valence-corrected chi connectivity index (χ4v) is 4.19. The molecule has 0 saturated heterocycles. The fraction of sp³-hybridized carbons (Fsp3) is 0.556. The Hall–Kier alpha value is -1.96. The number of aromatic hydroxyl groups is 2. The molecule has 0 aromatic heterocycles. The molecule has 0 radical (unpaired) electrons. The second-order valence-corrected chi connectivity index (χ2v) is 10.3. The van der Waals surface area contributed by atoms with Gasteiger partial charge in [-0.25, -0.2) is 0 Å². The molecule has 2 aromatic carbocycles. The van der Waals surface area contributed by atoms with Crippen LogP contribution in [0.1, 0.15) is 108 Å². The molecular weight excluding hydrogens is 356 g/mol. The number of rotatable bonds is 5. The van der Waals surface area contributed by atoms with Crippen LogP contribution in [0.4, 0.5) is 0 Å². The molecule has 0 spiro atoms. The van der Waals surface area contributed by atoms with Crippen molar-refractivity contribution in [2.75, 3.05) is 0 Å². The second kappa shape index (κ2) is 8.42. The molecule has 2 aromatic rings. The first-order chi connectivity index (χ1) is 13.3. The van der Waals surface area contributed by atoms with E-state index in [0.717, 1.165) is 41.5 Å². The van der Waals surface area contributed by atoms with Gasteiger partial charge in [-0.2, -0.15) is 0 Å². The summed E-state index contributed by atoms with van der Waals surface area (Å²) in [5, 5.41) is 21.6. The van der Waals surface area contributed by atoms with Crippen LogP contribution in [0.15, 0.2) is 24.3 Å². The van der Waals surface area contributed by atoms with Gasteiger partial charge in [-0.3, -0.25) is 0 Å². The number of benzene rings is 2. The lowest BCUT2D eigenvalue weighted by atomic mass is 9.77. The minimum Gasteiger partial charge on any atom is -0.507 e. The summed E-state index contributed by atoms with van der Waals surface area (Å²) in [7, 11) is 0. The molecule has 0 saturated carbocycles. The average molecular weight is 397 g/mol. The van der Waals surface area contributed by atoms with Crippen molar-refractivity contribution < 1.29 is 10.2 Å². The molecule has 2 heteroatoms. The molecule has 0 aliphatic heterocycles. The predicted octanol–water partition coefficient (Wildman–Crippen LogP) is 7.36. The van der Waals surface area contributed by atoms with Crippen molar-refractivity contribution >= 4 is 0 Å². The van der Waals surface area contributed by atoms with Crippen molar-refractivity contribution in [1.82, 2.24) is 0 Å². The van der Waals surface area contributed by atoms with E-state index in [1.807, 2.05) is 0 Å². The zero-order valence-electron chi connectivity index (χ0n) is 19.9.